The minimum atomic E-state index is -0.342. The number of morpholine rings is 1. The number of benzene rings is 1. The smallest absolute Gasteiger partial charge is 0.259 e. The zero-order valence-corrected chi connectivity index (χ0v) is 8.68. The van der Waals surface area contributed by atoms with Crippen LogP contribution in [0.5, 0.6) is 0 Å². The van der Waals surface area contributed by atoms with Gasteiger partial charge in [-0.2, -0.15) is 0 Å². The number of carbonyl (C=O) groups is 2. The van der Waals surface area contributed by atoms with Crippen molar-refractivity contribution in [1.29, 1.82) is 0 Å². The van der Waals surface area contributed by atoms with E-state index in [2.05, 4.69) is 0 Å². The first-order chi connectivity index (χ1) is 7.72. The molecule has 2 amide bonds. The number of ether oxygens (including phenoxy) is 1. The first kappa shape index (κ1) is 10.8. The quantitative estimate of drug-likeness (QED) is 0.714. The van der Waals surface area contributed by atoms with E-state index >= 15 is 0 Å². The molecule has 1 aliphatic heterocycles. The first-order valence-corrected chi connectivity index (χ1v) is 4.95. The van der Waals surface area contributed by atoms with Crippen molar-refractivity contribution in [2.24, 2.45) is 5.73 Å². The molecule has 5 heteroatoms. The van der Waals surface area contributed by atoms with Crippen molar-refractivity contribution in [3.8, 4) is 0 Å². The van der Waals surface area contributed by atoms with Crippen LogP contribution in [0, 0.1) is 0 Å². The summed E-state index contributed by atoms with van der Waals surface area (Å²) in [6.07, 6.45) is 0. The van der Waals surface area contributed by atoms with Crippen LogP contribution in [0.15, 0.2) is 24.3 Å². The Morgan fingerprint density at radius 3 is 2.56 bits per heavy atom. The number of imide groups is 1. The average molecular weight is 220 g/mol. The second kappa shape index (κ2) is 4.42. The monoisotopic (exact) mass is 220 g/mol. The molecule has 84 valence electrons. The summed E-state index contributed by atoms with van der Waals surface area (Å²) in [5.74, 6) is -0.684. The zero-order chi connectivity index (χ0) is 11.5. The Morgan fingerprint density at radius 2 is 1.94 bits per heavy atom. The Hall–Kier alpha value is -1.72. The number of hydrogen-bond acceptors (Lipinski definition) is 4. The lowest BCUT2D eigenvalue weighted by atomic mass is 10.2. The summed E-state index contributed by atoms with van der Waals surface area (Å²) in [4.78, 5) is 24.2. The molecule has 0 atom stereocenters. The third-order valence-corrected chi connectivity index (χ3v) is 2.35. The number of nitrogens with zero attached hydrogens (tertiary/aromatic N) is 1. The molecular formula is C11H12N2O3. The van der Waals surface area contributed by atoms with Gasteiger partial charge in [0.25, 0.3) is 11.8 Å². The van der Waals surface area contributed by atoms with Crippen LogP contribution in [0.1, 0.15) is 5.56 Å². The van der Waals surface area contributed by atoms with Crippen LogP contribution in [0.25, 0.3) is 0 Å². The maximum absolute atomic E-state index is 11.6. The first-order valence-electron chi connectivity index (χ1n) is 4.95. The van der Waals surface area contributed by atoms with Crippen molar-refractivity contribution in [2.75, 3.05) is 18.1 Å². The number of anilines is 1. The lowest BCUT2D eigenvalue weighted by molar-refractivity contribution is -0.138. The highest BCUT2D eigenvalue weighted by atomic mass is 16.5. The molecule has 0 unspecified atom stereocenters. The van der Waals surface area contributed by atoms with E-state index in [0.717, 1.165) is 10.5 Å². The molecule has 0 bridgehead atoms. The molecule has 0 radical (unpaired) electrons. The van der Waals surface area contributed by atoms with Crippen molar-refractivity contribution in [3.63, 3.8) is 0 Å². The summed E-state index contributed by atoms with van der Waals surface area (Å²) >= 11 is 0. The maximum atomic E-state index is 11.6. The minimum absolute atomic E-state index is 0.0570. The highest BCUT2D eigenvalue weighted by molar-refractivity contribution is 6.17. The van der Waals surface area contributed by atoms with Gasteiger partial charge in [-0.25, -0.2) is 4.90 Å². The fourth-order valence-corrected chi connectivity index (χ4v) is 1.60. The van der Waals surface area contributed by atoms with E-state index < -0.39 is 0 Å². The van der Waals surface area contributed by atoms with E-state index in [4.69, 9.17) is 10.5 Å². The second-order valence-electron chi connectivity index (χ2n) is 3.49. The SMILES string of the molecule is NCc1cccc(N2C(=O)COCC2=O)c1. The summed E-state index contributed by atoms with van der Waals surface area (Å²) in [7, 11) is 0. The van der Waals surface area contributed by atoms with Crippen molar-refractivity contribution in [3.05, 3.63) is 29.8 Å². The molecule has 1 aromatic rings. The summed E-state index contributed by atoms with van der Waals surface area (Å²) in [6.45, 7) is 0.262. The largest absolute Gasteiger partial charge is 0.362 e. The maximum Gasteiger partial charge on any atom is 0.259 e. The van der Waals surface area contributed by atoms with Crippen LogP contribution in [-0.2, 0) is 20.9 Å². The topological polar surface area (TPSA) is 72.6 Å². The Bertz CT molecular complexity index is 415. The van der Waals surface area contributed by atoms with Crippen LogP contribution in [-0.4, -0.2) is 25.0 Å². The van der Waals surface area contributed by atoms with Gasteiger partial charge in [0, 0.05) is 6.54 Å². The van der Waals surface area contributed by atoms with Gasteiger partial charge in [-0.3, -0.25) is 9.59 Å². The van der Waals surface area contributed by atoms with E-state index in [1.54, 1.807) is 18.2 Å². The zero-order valence-electron chi connectivity index (χ0n) is 8.68. The van der Waals surface area contributed by atoms with Gasteiger partial charge < -0.3 is 10.5 Å². The third kappa shape index (κ3) is 1.95. The molecule has 1 aliphatic rings. The minimum Gasteiger partial charge on any atom is -0.362 e. The van der Waals surface area contributed by atoms with Gasteiger partial charge in [-0.1, -0.05) is 12.1 Å². The Morgan fingerprint density at radius 1 is 1.25 bits per heavy atom. The predicted molar refractivity (Wildman–Crippen MR) is 57.6 cm³/mol. The van der Waals surface area contributed by atoms with Gasteiger partial charge in [-0.15, -0.1) is 0 Å². The van der Waals surface area contributed by atoms with Crippen LogP contribution < -0.4 is 10.6 Å². The number of hydrogen-bond donors (Lipinski definition) is 1. The predicted octanol–water partition coefficient (Wildman–Crippen LogP) is 0.0351. The molecular weight excluding hydrogens is 208 g/mol. The molecule has 0 saturated carbocycles. The van der Waals surface area contributed by atoms with E-state index in [1.807, 2.05) is 6.07 Å². The van der Waals surface area contributed by atoms with Crippen LogP contribution in [0.2, 0.25) is 0 Å². The van der Waals surface area contributed by atoms with Crippen molar-refractivity contribution in [1.82, 2.24) is 0 Å². The second-order valence-corrected chi connectivity index (χ2v) is 3.49. The van der Waals surface area contributed by atoms with Gasteiger partial charge in [-0.05, 0) is 17.7 Å². The standard InChI is InChI=1S/C11H12N2O3/c12-5-8-2-1-3-9(4-8)13-10(14)6-16-7-11(13)15/h1-4H,5-7,12H2. The Kier molecular flexibility index (Phi) is 2.98. The molecule has 1 heterocycles. The molecule has 0 spiro atoms. The van der Waals surface area contributed by atoms with Crippen LogP contribution in [0.3, 0.4) is 0 Å². The average Bonchev–Trinajstić information content (AvgIpc) is 2.29. The highest BCUT2D eigenvalue weighted by Gasteiger charge is 2.27. The van der Waals surface area contributed by atoms with E-state index in [-0.39, 0.29) is 25.0 Å². The summed E-state index contributed by atoms with van der Waals surface area (Å²) < 4.78 is 4.84. The number of rotatable bonds is 2. The van der Waals surface area contributed by atoms with E-state index in [1.165, 1.54) is 0 Å². The summed E-state index contributed by atoms with van der Waals surface area (Å²) in [5, 5.41) is 0. The Balaban J connectivity index is 2.33. The van der Waals surface area contributed by atoms with Crippen molar-refractivity contribution >= 4 is 17.5 Å². The lowest BCUT2D eigenvalue weighted by Crippen LogP contribution is -2.46. The van der Waals surface area contributed by atoms with Crippen molar-refractivity contribution < 1.29 is 14.3 Å². The van der Waals surface area contributed by atoms with E-state index in [0.29, 0.717) is 12.2 Å². The molecule has 5 nitrogen and oxygen atoms in total. The van der Waals surface area contributed by atoms with Gasteiger partial charge in [0.1, 0.15) is 13.2 Å². The van der Waals surface area contributed by atoms with Crippen LogP contribution in [0.4, 0.5) is 5.69 Å². The van der Waals surface area contributed by atoms with Gasteiger partial charge in [0.15, 0.2) is 0 Å². The van der Waals surface area contributed by atoms with Crippen LogP contribution >= 0.6 is 0 Å². The summed E-state index contributed by atoms with van der Waals surface area (Å²) in [5.41, 5.74) is 6.94. The van der Waals surface area contributed by atoms with Gasteiger partial charge in [0.2, 0.25) is 0 Å². The third-order valence-electron chi connectivity index (χ3n) is 2.35. The number of nitrogens with two attached hydrogens (primary N) is 1. The molecule has 1 saturated heterocycles. The van der Waals surface area contributed by atoms with Gasteiger partial charge >= 0.3 is 0 Å². The molecule has 16 heavy (non-hydrogen) atoms. The van der Waals surface area contributed by atoms with E-state index in [9.17, 15) is 9.59 Å². The van der Waals surface area contributed by atoms with Crippen molar-refractivity contribution in [2.45, 2.75) is 6.54 Å². The molecule has 0 aliphatic carbocycles. The van der Waals surface area contributed by atoms with Gasteiger partial charge in [0.05, 0.1) is 5.69 Å². The normalized spacial score (nSPS) is 16.7. The lowest BCUT2D eigenvalue weighted by Gasteiger charge is -2.25. The fourth-order valence-electron chi connectivity index (χ4n) is 1.60. The fraction of sp³-hybridized carbons (Fsp3) is 0.273. The Labute approximate surface area is 92.8 Å². The molecule has 0 aromatic heterocycles. The summed E-state index contributed by atoms with van der Waals surface area (Å²) in [6, 6.07) is 7.06. The number of amides is 2. The molecule has 2 rings (SSSR count). The molecule has 1 fully saturated rings. The molecule has 2 N–H and O–H groups in total. The highest BCUT2D eigenvalue weighted by Crippen LogP contribution is 2.18. The number of carbonyl (C=O) groups excluding carboxylic acids is 2. The molecule has 1 aromatic carbocycles.